The van der Waals surface area contributed by atoms with Crippen molar-refractivity contribution < 1.29 is 140 Å². The van der Waals surface area contributed by atoms with E-state index in [1.165, 1.54) is 80.9 Å². The Kier molecular flexibility index (Phi) is 26.7. The largest absolute Gasteiger partial charge is 3.00 e. The van der Waals surface area contributed by atoms with Gasteiger partial charge in [0.05, 0.1) is 0 Å². The number of rotatable bonds is 12. The quantitative estimate of drug-likeness (QED) is 0.0634. The van der Waals surface area contributed by atoms with E-state index in [-0.39, 0.29) is 94.6 Å². The summed E-state index contributed by atoms with van der Waals surface area (Å²) in [6.45, 7) is 2.50. The van der Waals surface area contributed by atoms with Crippen molar-refractivity contribution in [3.8, 4) is 0 Å². The van der Waals surface area contributed by atoms with Gasteiger partial charge in [-0.05, 0) is 47.5 Å². The third-order valence-electron chi connectivity index (χ3n) is 6.43. The molecule has 1 saturated heterocycles. The minimum Gasteiger partial charge on any atom is -0.330 e. The molecule has 1 N–H and O–H groups in total. The number of carbonyl (C=O) groups excluding carboxylic acids is 8. The van der Waals surface area contributed by atoms with Gasteiger partial charge in [-0.1, -0.05) is 50.2 Å². The molecule has 0 spiro atoms. The topological polar surface area (TPSA) is 149 Å². The van der Waals surface area contributed by atoms with E-state index >= 15 is 0 Å². The van der Waals surface area contributed by atoms with Crippen LogP contribution in [0.3, 0.4) is 0 Å². The third-order valence-corrected chi connectivity index (χ3v) is 9.97. The number of hydrogen-bond donors (Lipinski definition) is 1. The van der Waals surface area contributed by atoms with Crippen molar-refractivity contribution in [3.63, 3.8) is 0 Å². The number of nitrogens with one attached hydrogen (secondary N) is 1. The molecule has 0 bridgehead atoms. The number of carbonyl (C=O) groups is 8. The van der Waals surface area contributed by atoms with Crippen LogP contribution in [0.4, 0.5) is 52.7 Å². The van der Waals surface area contributed by atoms with E-state index < -0.39 is 71.0 Å². The average molecular weight is 1120 g/mol. The van der Waals surface area contributed by atoms with Crippen molar-refractivity contribution in [2.24, 2.45) is 0 Å². The van der Waals surface area contributed by atoms with E-state index in [2.05, 4.69) is 5.32 Å². The minimum absolute atomic E-state index is 0. The molecule has 0 unspecified atom stereocenters. The number of hydrogen-bond acceptors (Lipinski definition) is 13. The van der Waals surface area contributed by atoms with Gasteiger partial charge in [0, 0.05) is 23.1 Å². The molecule has 9 nitrogen and oxygen atoms in total. The summed E-state index contributed by atoms with van der Waals surface area (Å²) in [5.74, 6) is -12.2. The van der Waals surface area contributed by atoms with Crippen LogP contribution in [0.5, 0.6) is 0 Å². The second-order valence-electron chi connectivity index (χ2n) is 11.2. The van der Waals surface area contributed by atoms with Gasteiger partial charge in [-0.15, -0.1) is 49.9 Å². The molecule has 26 heteroatoms. The predicted molar refractivity (Wildman–Crippen MR) is 203 cm³/mol. The summed E-state index contributed by atoms with van der Waals surface area (Å²) < 4.78 is 141. The SMILES string of the molecule is C1CCNCC1.O=C([CH-]C(=O)C(F)(F)F)c1cccs1.O=C([CH-]C(=O)C(F)(F)F)c1cccs1.O=C([CH-]C(=O)C(F)(F)F)c1cccs1.O=C([CH-]C(=O)C(F)(F)F)c1cccs1.[Eu+3]. The molecule has 4 aromatic rings. The van der Waals surface area contributed by atoms with Crippen LogP contribution in [-0.2, 0) is 19.2 Å². The van der Waals surface area contributed by atoms with E-state index in [0.29, 0.717) is 0 Å². The first-order valence-corrected chi connectivity index (χ1v) is 20.0. The van der Waals surface area contributed by atoms with Crippen LogP contribution in [0.1, 0.15) is 57.9 Å². The van der Waals surface area contributed by atoms with Gasteiger partial charge in [-0.25, -0.2) is 45.3 Å². The molecule has 0 atom stereocenters. The third kappa shape index (κ3) is 24.8. The summed E-state index contributed by atoms with van der Waals surface area (Å²) in [6.07, 6.45) is -15.5. The Labute approximate surface area is 406 Å². The van der Waals surface area contributed by atoms with Gasteiger partial charge in [0.2, 0.25) is 0 Å². The molecule has 5 heterocycles. The summed E-state index contributed by atoms with van der Waals surface area (Å²) in [7, 11) is 0. The van der Waals surface area contributed by atoms with Gasteiger partial charge in [-0.3, -0.25) is 0 Å². The van der Waals surface area contributed by atoms with E-state index in [0.717, 1.165) is 45.3 Å². The summed E-state index contributed by atoms with van der Waals surface area (Å²) in [6, 6.07) is 11.5. The molecule has 1 fully saturated rings. The van der Waals surface area contributed by atoms with E-state index in [1.54, 1.807) is 21.5 Å². The van der Waals surface area contributed by atoms with Crippen LogP contribution >= 0.6 is 45.3 Å². The molecule has 0 saturated carbocycles. The number of ketones is 8. The molecule has 0 amide bonds. The summed E-state index contributed by atoms with van der Waals surface area (Å²) in [5, 5.41) is 9.45. The number of thiophene rings is 4. The first-order chi connectivity index (χ1) is 28.6. The van der Waals surface area contributed by atoms with E-state index in [9.17, 15) is 91.0 Å². The van der Waals surface area contributed by atoms with Gasteiger partial charge < -0.3 is 43.7 Å². The second-order valence-corrected chi connectivity index (χ2v) is 15.0. The minimum atomic E-state index is -4.98. The molecule has 1 aliphatic rings. The van der Waals surface area contributed by atoms with Crippen LogP contribution in [0.2, 0.25) is 0 Å². The number of halogens is 12. The maximum Gasteiger partial charge on any atom is 3.00 e. The van der Waals surface area contributed by atoms with Crippen molar-refractivity contribution in [2.75, 3.05) is 13.1 Å². The second kappa shape index (κ2) is 28.3. The van der Waals surface area contributed by atoms with E-state index in [4.69, 9.17) is 0 Å². The number of alkyl halides is 12. The normalized spacial score (nSPS) is 12.1. The Hall–Kier alpha value is -3.66. The zero-order valence-corrected chi connectivity index (χ0v) is 36.8. The molecule has 63 heavy (non-hydrogen) atoms. The smallest absolute Gasteiger partial charge is 0.330 e. The van der Waals surface area contributed by atoms with Crippen molar-refractivity contribution in [1.29, 1.82) is 0 Å². The molecule has 1 aliphatic heterocycles. The molecule has 0 radical (unpaired) electrons. The molecule has 0 aliphatic carbocycles. The Bertz CT molecular complexity index is 1750. The fourth-order valence-corrected chi connectivity index (χ4v) is 6.11. The molecule has 5 rings (SSSR count). The molecule has 0 aromatic carbocycles. The molecular formula is C37H27EuF12NO8S4-. The molecule has 344 valence electrons. The van der Waals surface area contributed by atoms with E-state index in [1.807, 2.05) is 0 Å². The van der Waals surface area contributed by atoms with Crippen molar-refractivity contribution >= 4 is 91.6 Å². The van der Waals surface area contributed by atoms with Gasteiger partial charge >= 0.3 is 74.1 Å². The summed E-state index contributed by atoms with van der Waals surface area (Å²) in [4.78, 5) is 85.9. The van der Waals surface area contributed by atoms with Crippen molar-refractivity contribution in [1.82, 2.24) is 5.32 Å². The average Bonchev–Trinajstić information content (AvgIpc) is 4.03. The molecular weight excluding hydrogens is 1090 g/mol. The van der Waals surface area contributed by atoms with Gasteiger partial charge in [0.15, 0.2) is 23.1 Å². The maximum absolute atomic E-state index is 11.7. The van der Waals surface area contributed by atoms with Gasteiger partial charge in [0.25, 0.3) is 0 Å². The standard InChI is InChI=1S/4C8H4F3O2S.C5H11N.Eu/c4*9-8(10,11)7(13)4-5(12)6-2-1-3-14-6;1-2-4-6-5-3-1;/h4*1-4H;6H,1-5H2;/q4*-1;;+3. The maximum atomic E-state index is 11.7. The predicted octanol–water partition coefficient (Wildman–Crippen LogP) is 9.83. The Balaban J connectivity index is 0.000000774. The van der Waals surface area contributed by atoms with Crippen LogP contribution in [0, 0.1) is 75.1 Å². The Morgan fingerprint density at radius 3 is 0.714 bits per heavy atom. The van der Waals surface area contributed by atoms with Crippen molar-refractivity contribution in [2.45, 2.75) is 44.0 Å². The fraction of sp³-hybridized carbons (Fsp3) is 0.243. The summed E-state index contributed by atoms with van der Waals surface area (Å²) in [5.41, 5.74) is 0. The number of Topliss-reactive ketones (excluding diaryl/α,β-unsaturated/α-hetero) is 8. The first kappa shape index (κ1) is 59.3. The fourth-order valence-electron chi connectivity index (χ4n) is 3.56. The molecule has 4 aromatic heterocycles. The zero-order valence-electron chi connectivity index (χ0n) is 31.1. The first-order valence-electron chi connectivity index (χ1n) is 16.5. The van der Waals surface area contributed by atoms with Crippen molar-refractivity contribution in [3.05, 3.63) is 115 Å². The van der Waals surface area contributed by atoms with Gasteiger partial charge in [-0.2, -0.15) is 52.7 Å². The monoisotopic (exact) mass is 1120 g/mol. The number of piperidine rings is 1. The zero-order chi connectivity index (χ0) is 47.3. The van der Waals surface area contributed by atoms with Crippen LogP contribution in [-0.4, -0.2) is 84.1 Å². The van der Waals surface area contributed by atoms with Crippen LogP contribution in [0.15, 0.2) is 70.1 Å². The summed E-state index contributed by atoms with van der Waals surface area (Å²) >= 11 is 3.93. The van der Waals surface area contributed by atoms with Crippen LogP contribution < -0.4 is 5.32 Å². The van der Waals surface area contributed by atoms with Crippen LogP contribution in [0.25, 0.3) is 0 Å². The Morgan fingerprint density at radius 2 is 0.603 bits per heavy atom. The van der Waals surface area contributed by atoms with Gasteiger partial charge in [0.1, 0.15) is 0 Å². The Morgan fingerprint density at radius 1 is 0.397 bits per heavy atom.